The van der Waals surface area contributed by atoms with Crippen LogP contribution in [-0.2, 0) is 20.7 Å². The summed E-state index contributed by atoms with van der Waals surface area (Å²) in [6, 6.07) is 10.4. The summed E-state index contributed by atoms with van der Waals surface area (Å²) in [5.41, 5.74) is 0.398. The number of esters is 1. The van der Waals surface area contributed by atoms with Gasteiger partial charge in [0.2, 0.25) is 0 Å². The van der Waals surface area contributed by atoms with Crippen molar-refractivity contribution in [3.05, 3.63) is 35.9 Å². The third kappa shape index (κ3) is 6.75. The summed E-state index contributed by atoms with van der Waals surface area (Å²) in [6.07, 6.45) is 5.23. The van der Waals surface area contributed by atoms with Gasteiger partial charge in [-0.1, -0.05) is 71.4 Å². The first-order chi connectivity index (χ1) is 12.5. The molecule has 0 aliphatic carbocycles. The Morgan fingerprint density at radius 1 is 1.00 bits per heavy atom. The molecule has 1 aromatic rings. The fourth-order valence-corrected chi connectivity index (χ4v) is 3.42. The minimum Gasteiger partial charge on any atom is -0.464 e. The minimum atomic E-state index is -0.851. The molecule has 3 nitrogen and oxygen atoms in total. The number of hydrogen-bond acceptors (Lipinski definition) is 3. The van der Waals surface area contributed by atoms with Crippen molar-refractivity contribution in [2.24, 2.45) is 11.8 Å². The molecule has 0 heterocycles. The lowest BCUT2D eigenvalue weighted by Crippen LogP contribution is -2.50. The van der Waals surface area contributed by atoms with Gasteiger partial charge in [0.15, 0.2) is 5.60 Å². The van der Waals surface area contributed by atoms with Crippen LogP contribution < -0.4 is 0 Å². The molecule has 0 saturated heterocycles. The van der Waals surface area contributed by atoms with Gasteiger partial charge in [-0.2, -0.15) is 0 Å². The van der Waals surface area contributed by atoms with Crippen LogP contribution in [0.2, 0.25) is 0 Å². The van der Waals surface area contributed by atoms with Gasteiger partial charge in [0, 0.05) is 12.5 Å². The van der Waals surface area contributed by atoms with Crippen LogP contribution in [0.1, 0.15) is 72.3 Å². The van der Waals surface area contributed by atoms with E-state index >= 15 is 0 Å². The number of ether oxygens (including phenoxy) is 2. The molecule has 2 unspecified atom stereocenters. The van der Waals surface area contributed by atoms with Gasteiger partial charge in [0.25, 0.3) is 0 Å². The van der Waals surface area contributed by atoms with Crippen LogP contribution >= 0.6 is 0 Å². The molecular formula is C23H38O3. The first-order valence-electron chi connectivity index (χ1n) is 10.3. The molecular weight excluding hydrogens is 324 g/mol. The molecule has 2 atom stereocenters. The van der Waals surface area contributed by atoms with E-state index in [1.807, 2.05) is 13.0 Å². The van der Waals surface area contributed by atoms with Gasteiger partial charge < -0.3 is 9.47 Å². The van der Waals surface area contributed by atoms with Gasteiger partial charge in [0.05, 0.1) is 6.61 Å². The molecule has 0 radical (unpaired) electrons. The van der Waals surface area contributed by atoms with Gasteiger partial charge in [0.1, 0.15) is 0 Å². The summed E-state index contributed by atoms with van der Waals surface area (Å²) in [7, 11) is 0. The molecule has 0 saturated carbocycles. The van der Waals surface area contributed by atoms with E-state index in [1.54, 1.807) is 0 Å². The number of hydrogen-bond donors (Lipinski definition) is 0. The van der Waals surface area contributed by atoms with Crippen LogP contribution in [-0.4, -0.2) is 24.8 Å². The van der Waals surface area contributed by atoms with Gasteiger partial charge >= 0.3 is 5.97 Å². The summed E-state index contributed by atoms with van der Waals surface area (Å²) in [6.45, 7) is 11.7. The lowest BCUT2D eigenvalue weighted by molar-refractivity contribution is -0.183. The molecule has 0 spiro atoms. The lowest BCUT2D eigenvalue weighted by Gasteiger charge is -2.38. The maximum absolute atomic E-state index is 13.1. The summed E-state index contributed by atoms with van der Waals surface area (Å²) in [4.78, 5) is 13.1. The van der Waals surface area contributed by atoms with Crippen molar-refractivity contribution in [2.75, 3.05) is 13.2 Å². The first kappa shape index (κ1) is 22.7. The molecule has 0 bridgehead atoms. The number of rotatable bonds is 13. The molecule has 148 valence electrons. The van der Waals surface area contributed by atoms with E-state index in [2.05, 4.69) is 52.0 Å². The van der Waals surface area contributed by atoms with Gasteiger partial charge in [-0.3, -0.25) is 0 Å². The maximum atomic E-state index is 13.1. The Labute approximate surface area is 160 Å². The monoisotopic (exact) mass is 362 g/mol. The summed E-state index contributed by atoms with van der Waals surface area (Å²) in [5.74, 6) is 0.492. The van der Waals surface area contributed by atoms with Gasteiger partial charge in [-0.15, -0.1) is 0 Å². The van der Waals surface area contributed by atoms with Crippen molar-refractivity contribution in [3.63, 3.8) is 0 Å². The Kier molecular flexibility index (Phi) is 10.6. The highest BCUT2D eigenvalue weighted by Crippen LogP contribution is 2.34. The van der Waals surface area contributed by atoms with Crippen molar-refractivity contribution in [1.29, 1.82) is 0 Å². The largest absolute Gasteiger partial charge is 0.464 e. The normalized spacial score (nSPS) is 14.8. The molecule has 0 aromatic heterocycles. The molecule has 1 rings (SSSR count). The maximum Gasteiger partial charge on any atom is 0.338 e. The zero-order valence-corrected chi connectivity index (χ0v) is 17.4. The highest BCUT2D eigenvalue weighted by Gasteiger charge is 2.46. The van der Waals surface area contributed by atoms with Crippen LogP contribution in [0.15, 0.2) is 30.3 Å². The second-order valence-corrected chi connectivity index (χ2v) is 7.59. The van der Waals surface area contributed by atoms with Crippen molar-refractivity contribution >= 4 is 5.97 Å². The Balaban J connectivity index is 3.10. The summed E-state index contributed by atoms with van der Waals surface area (Å²) in [5, 5.41) is 0. The van der Waals surface area contributed by atoms with Crippen molar-refractivity contribution in [1.82, 2.24) is 0 Å². The average Bonchev–Trinajstić information content (AvgIpc) is 2.64. The SMILES string of the molecule is CCCOC(=O)C(CC)(OCCC(C)C)C(CCC)Cc1ccccc1. The van der Waals surface area contributed by atoms with E-state index in [-0.39, 0.29) is 11.9 Å². The van der Waals surface area contributed by atoms with Crippen molar-refractivity contribution in [3.8, 4) is 0 Å². The van der Waals surface area contributed by atoms with E-state index in [9.17, 15) is 4.79 Å². The molecule has 1 aromatic carbocycles. The van der Waals surface area contributed by atoms with Crippen LogP contribution in [0.4, 0.5) is 0 Å². The van der Waals surface area contributed by atoms with E-state index < -0.39 is 5.60 Å². The molecule has 0 amide bonds. The zero-order valence-electron chi connectivity index (χ0n) is 17.4. The van der Waals surface area contributed by atoms with Crippen molar-refractivity contribution in [2.45, 2.75) is 78.7 Å². The molecule has 0 aliphatic heterocycles. The predicted molar refractivity (Wildman–Crippen MR) is 108 cm³/mol. The Bertz CT molecular complexity index is 497. The van der Waals surface area contributed by atoms with E-state index in [4.69, 9.17) is 9.47 Å². The molecule has 3 heteroatoms. The van der Waals surface area contributed by atoms with Crippen LogP contribution in [0.5, 0.6) is 0 Å². The first-order valence-corrected chi connectivity index (χ1v) is 10.3. The molecule has 0 N–H and O–H groups in total. The Hall–Kier alpha value is -1.35. The Morgan fingerprint density at radius 3 is 2.23 bits per heavy atom. The van der Waals surface area contributed by atoms with Crippen molar-refractivity contribution < 1.29 is 14.3 Å². The predicted octanol–water partition coefficient (Wildman–Crippen LogP) is 5.81. The standard InChI is InChI=1S/C23H38O3/c1-6-12-21(18-20-13-10-9-11-14-20)23(8-3,22(24)25-16-7-2)26-17-15-19(4)5/h9-11,13-14,19,21H,6-8,12,15-18H2,1-5H3. The van der Waals surface area contributed by atoms with E-state index in [1.165, 1.54) is 5.56 Å². The van der Waals surface area contributed by atoms with E-state index in [0.717, 1.165) is 32.1 Å². The van der Waals surface area contributed by atoms with E-state index in [0.29, 0.717) is 25.6 Å². The van der Waals surface area contributed by atoms with Crippen LogP contribution in [0, 0.1) is 11.8 Å². The average molecular weight is 363 g/mol. The topological polar surface area (TPSA) is 35.5 Å². The molecule has 26 heavy (non-hydrogen) atoms. The third-order valence-electron chi connectivity index (χ3n) is 4.98. The molecule has 0 fully saturated rings. The number of benzene rings is 1. The second-order valence-electron chi connectivity index (χ2n) is 7.59. The highest BCUT2D eigenvalue weighted by atomic mass is 16.6. The minimum absolute atomic E-state index is 0.122. The highest BCUT2D eigenvalue weighted by molar-refractivity contribution is 5.80. The van der Waals surface area contributed by atoms with Gasteiger partial charge in [-0.05, 0) is 43.6 Å². The fourth-order valence-electron chi connectivity index (χ4n) is 3.42. The summed E-state index contributed by atoms with van der Waals surface area (Å²) >= 11 is 0. The Morgan fingerprint density at radius 2 is 1.69 bits per heavy atom. The quantitative estimate of drug-likeness (QED) is 0.415. The fraction of sp³-hybridized carbons (Fsp3) is 0.696. The molecule has 0 aliphatic rings. The summed E-state index contributed by atoms with van der Waals surface area (Å²) < 4.78 is 12.0. The number of carbonyl (C=O) groups excluding carboxylic acids is 1. The van der Waals surface area contributed by atoms with Gasteiger partial charge in [-0.25, -0.2) is 4.79 Å². The number of carbonyl (C=O) groups is 1. The van der Waals surface area contributed by atoms with Crippen LogP contribution in [0.25, 0.3) is 0 Å². The third-order valence-corrected chi connectivity index (χ3v) is 4.98. The second kappa shape index (κ2) is 12.1. The van der Waals surface area contributed by atoms with Crippen LogP contribution in [0.3, 0.4) is 0 Å². The zero-order chi connectivity index (χ0) is 19.4. The lowest BCUT2D eigenvalue weighted by atomic mass is 9.78. The smallest absolute Gasteiger partial charge is 0.338 e.